The summed E-state index contributed by atoms with van der Waals surface area (Å²) in [6.45, 7) is 3.35. The Labute approximate surface area is 135 Å². The van der Waals surface area contributed by atoms with Crippen molar-refractivity contribution >= 4 is 11.6 Å². The van der Waals surface area contributed by atoms with Crippen LogP contribution in [0.1, 0.15) is 29.3 Å². The van der Waals surface area contributed by atoms with E-state index in [4.69, 9.17) is 21.1 Å². The number of benzene rings is 1. The van der Waals surface area contributed by atoms with Crippen molar-refractivity contribution in [1.82, 2.24) is 15.1 Å². The van der Waals surface area contributed by atoms with Gasteiger partial charge < -0.3 is 14.8 Å². The fourth-order valence-electron chi connectivity index (χ4n) is 2.96. The maximum absolute atomic E-state index is 6.21. The molecule has 2 heterocycles. The largest absolute Gasteiger partial charge is 0.492 e. The van der Waals surface area contributed by atoms with Crippen molar-refractivity contribution in [1.29, 1.82) is 0 Å². The van der Waals surface area contributed by atoms with Crippen molar-refractivity contribution in [3.8, 4) is 11.6 Å². The molecule has 1 N–H and O–H groups in total. The van der Waals surface area contributed by atoms with E-state index in [2.05, 4.69) is 16.5 Å². The van der Waals surface area contributed by atoms with Crippen LogP contribution in [0.15, 0.2) is 18.2 Å². The van der Waals surface area contributed by atoms with Crippen molar-refractivity contribution < 1.29 is 9.47 Å². The number of nitrogens with zero attached hydrogens (tertiary/aromatic N) is 2. The molecule has 0 saturated heterocycles. The summed E-state index contributed by atoms with van der Waals surface area (Å²) in [6.07, 6.45) is 0.912. The van der Waals surface area contributed by atoms with Crippen LogP contribution in [-0.4, -0.2) is 23.5 Å². The van der Waals surface area contributed by atoms with Gasteiger partial charge in [-0.15, -0.1) is 0 Å². The standard InChI is InChI=1S/C16H20ClN3O2/c1-10-12(16(21-3)20(2)19-10)9-18-14-7-8-22-15-11(14)5-4-6-13(15)17/h4-6,14,18H,7-9H2,1-3H3/t14-/m0/s1. The Morgan fingerprint density at radius 3 is 3.09 bits per heavy atom. The molecular weight excluding hydrogens is 302 g/mol. The Balaban J connectivity index is 1.80. The molecule has 0 spiro atoms. The molecule has 1 aromatic carbocycles. The Bertz CT molecular complexity index is 684. The maximum atomic E-state index is 6.21. The second kappa shape index (κ2) is 6.18. The average molecular weight is 322 g/mol. The zero-order valence-corrected chi connectivity index (χ0v) is 13.8. The normalized spacial score (nSPS) is 17.0. The van der Waals surface area contributed by atoms with Gasteiger partial charge in [-0.1, -0.05) is 23.7 Å². The first-order valence-electron chi connectivity index (χ1n) is 7.33. The Hall–Kier alpha value is -1.72. The molecule has 1 aliphatic rings. The van der Waals surface area contributed by atoms with Gasteiger partial charge in [0.25, 0.3) is 0 Å². The molecule has 22 heavy (non-hydrogen) atoms. The van der Waals surface area contributed by atoms with Gasteiger partial charge in [-0.3, -0.25) is 0 Å². The Morgan fingerprint density at radius 2 is 2.32 bits per heavy atom. The van der Waals surface area contributed by atoms with Gasteiger partial charge in [-0.05, 0) is 13.0 Å². The molecule has 0 fully saturated rings. The lowest BCUT2D eigenvalue weighted by Gasteiger charge is -2.27. The molecule has 1 atom stereocenters. The monoisotopic (exact) mass is 321 g/mol. The van der Waals surface area contributed by atoms with E-state index < -0.39 is 0 Å². The molecule has 0 radical (unpaired) electrons. The van der Waals surface area contributed by atoms with Crippen molar-refractivity contribution in [3.63, 3.8) is 0 Å². The van der Waals surface area contributed by atoms with E-state index in [1.807, 2.05) is 26.1 Å². The van der Waals surface area contributed by atoms with Gasteiger partial charge >= 0.3 is 0 Å². The number of aromatic nitrogens is 2. The molecule has 0 aliphatic carbocycles. The molecule has 0 saturated carbocycles. The second-order valence-corrected chi connectivity index (χ2v) is 5.83. The number of nitrogens with one attached hydrogen (secondary N) is 1. The summed E-state index contributed by atoms with van der Waals surface area (Å²) < 4.78 is 12.9. The fraction of sp³-hybridized carbons (Fsp3) is 0.438. The SMILES string of the molecule is COc1c(CN[C@H]2CCOc3c(Cl)cccc32)c(C)nn1C. The van der Waals surface area contributed by atoms with E-state index in [9.17, 15) is 0 Å². The lowest BCUT2D eigenvalue weighted by atomic mass is 10.0. The first-order valence-corrected chi connectivity index (χ1v) is 7.70. The van der Waals surface area contributed by atoms with Crippen LogP contribution < -0.4 is 14.8 Å². The topological polar surface area (TPSA) is 48.3 Å². The van der Waals surface area contributed by atoms with Crippen molar-refractivity contribution in [3.05, 3.63) is 40.0 Å². The number of halogens is 1. The molecule has 0 bridgehead atoms. The minimum absolute atomic E-state index is 0.215. The molecular formula is C16H20ClN3O2. The summed E-state index contributed by atoms with van der Waals surface area (Å²) in [7, 11) is 3.56. The summed E-state index contributed by atoms with van der Waals surface area (Å²) in [5.74, 6) is 1.59. The second-order valence-electron chi connectivity index (χ2n) is 5.43. The van der Waals surface area contributed by atoms with Gasteiger partial charge in [0.2, 0.25) is 5.88 Å². The Morgan fingerprint density at radius 1 is 1.50 bits per heavy atom. The predicted molar refractivity (Wildman–Crippen MR) is 85.6 cm³/mol. The van der Waals surface area contributed by atoms with Crippen molar-refractivity contribution in [2.45, 2.75) is 25.9 Å². The van der Waals surface area contributed by atoms with E-state index in [0.29, 0.717) is 18.2 Å². The molecule has 6 heteroatoms. The number of hydrogen-bond acceptors (Lipinski definition) is 4. The summed E-state index contributed by atoms with van der Waals surface area (Å²) in [5, 5.41) is 8.65. The predicted octanol–water partition coefficient (Wildman–Crippen LogP) is 3.00. The van der Waals surface area contributed by atoms with Crippen LogP contribution >= 0.6 is 11.6 Å². The van der Waals surface area contributed by atoms with Gasteiger partial charge in [0, 0.05) is 31.6 Å². The third kappa shape index (κ3) is 2.66. The number of rotatable bonds is 4. The smallest absolute Gasteiger partial charge is 0.216 e. The summed E-state index contributed by atoms with van der Waals surface area (Å²) in [4.78, 5) is 0. The molecule has 2 aromatic rings. The number of methoxy groups -OCH3 is 1. The number of aryl methyl sites for hydroxylation is 2. The Kier molecular flexibility index (Phi) is 4.27. The van der Waals surface area contributed by atoms with Crippen molar-refractivity contribution in [2.24, 2.45) is 7.05 Å². The average Bonchev–Trinajstić information content (AvgIpc) is 2.78. The van der Waals surface area contributed by atoms with Gasteiger partial charge in [0.15, 0.2) is 0 Å². The van der Waals surface area contributed by atoms with Crippen LogP contribution in [0.25, 0.3) is 0 Å². The fourth-order valence-corrected chi connectivity index (χ4v) is 3.20. The number of fused-ring (bicyclic) bond motifs is 1. The summed E-state index contributed by atoms with van der Waals surface area (Å²) in [5.41, 5.74) is 3.17. The molecule has 0 unspecified atom stereocenters. The van der Waals surface area contributed by atoms with E-state index in [1.54, 1.807) is 11.8 Å². The van der Waals surface area contributed by atoms with E-state index in [0.717, 1.165) is 34.9 Å². The highest BCUT2D eigenvalue weighted by molar-refractivity contribution is 6.32. The van der Waals surface area contributed by atoms with Gasteiger partial charge in [-0.25, -0.2) is 4.68 Å². The number of para-hydroxylation sites is 1. The number of ether oxygens (including phenoxy) is 2. The van der Waals surface area contributed by atoms with Crippen molar-refractivity contribution in [2.75, 3.05) is 13.7 Å². The highest BCUT2D eigenvalue weighted by Gasteiger charge is 2.24. The highest BCUT2D eigenvalue weighted by Crippen LogP contribution is 2.37. The third-order valence-corrected chi connectivity index (χ3v) is 4.33. The number of hydrogen-bond donors (Lipinski definition) is 1. The van der Waals surface area contributed by atoms with Crippen LogP contribution in [0.3, 0.4) is 0 Å². The first-order chi connectivity index (χ1) is 10.6. The third-order valence-electron chi connectivity index (χ3n) is 4.03. The zero-order valence-electron chi connectivity index (χ0n) is 13.0. The van der Waals surface area contributed by atoms with Crippen LogP contribution in [-0.2, 0) is 13.6 Å². The molecule has 3 rings (SSSR count). The first kappa shape index (κ1) is 15.2. The maximum Gasteiger partial charge on any atom is 0.216 e. The van der Waals surface area contributed by atoms with Gasteiger partial charge in [0.1, 0.15) is 5.75 Å². The van der Waals surface area contributed by atoms with Crippen LogP contribution in [0, 0.1) is 6.92 Å². The quantitative estimate of drug-likeness (QED) is 0.940. The molecule has 118 valence electrons. The lowest BCUT2D eigenvalue weighted by molar-refractivity contribution is 0.252. The molecule has 0 amide bonds. The van der Waals surface area contributed by atoms with Crippen LogP contribution in [0.2, 0.25) is 5.02 Å². The van der Waals surface area contributed by atoms with Gasteiger partial charge in [0.05, 0.1) is 30.0 Å². The van der Waals surface area contributed by atoms with Crippen LogP contribution in [0.4, 0.5) is 0 Å². The highest BCUT2D eigenvalue weighted by atomic mass is 35.5. The van der Waals surface area contributed by atoms with Gasteiger partial charge in [-0.2, -0.15) is 5.10 Å². The molecule has 5 nitrogen and oxygen atoms in total. The van der Waals surface area contributed by atoms with Crippen LogP contribution in [0.5, 0.6) is 11.6 Å². The summed E-state index contributed by atoms with van der Waals surface area (Å²) in [6, 6.07) is 6.09. The molecule has 1 aromatic heterocycles. The molecule has 1 aliphatic heterocycles. The van der Waals surface area contributed by atoms with E-state index in [-0.39, 0.29) is 6.04 Å². The minimum atomic E-state index is 0.215. The lowest BCUT2D eigenvalue weighted by Crippen LogP contribution is -2.27. The van der Waals surface area contributed by atoms with E-state index >= 15 is 0 Å². The minimum Gasteiger partial charge on any atom is -0.492 e. The zero-order chi connectivity index (χ0) is 15.7. The summed E-state index contributed by atoms with van der Waals surface area (Å²) >= 11 is 6.21. The van der Waals surface area contributed by atoms with E-state index in [1.165, 1.54) is 0 Å².